The monoisotopic (exact) mass is 696 g/mol. The van der Waals surface area contributed by atoms with Crippen LogP contribution >= 0.6 is 0 Å². The zero-order chi connectivity index (χ0) is 35.4. The van der Waals surface area contributed by atoms with Gasteiger partial charge in [0, 0.05) is 17.7 Å². The van der Waals surface area contributed by atoms with Crippen LogP contribution in [0.2, 0.25) is 0 Å². The summed E-state index contributed by atoms with van der Waals surface area (Å²) in [5, 5.41) is 102. The van der Waals surface area contributed by atoms with E-state index in [4.69, 9.17) is 32.8 Å². The van der Waals surface area contributed by atoms with E-state index >= 15 is 0 Å². The summed E-state index contributed by atoms with van der Waals surface area (Å²) in [5.41, 5.74) is -3.13. The molecule has 0 radical (unpaired) electrons. The van der Waals surface area contributed by atoms with Crippen LogP contribution in [0.25, 0.3) is 22.3 Å². The van der Waals surface area contributed by atoms with E-state index < -0.39 is 115 Å². The number of aromatic hydroxyl groups is 2. The molecule has 6 rings (SSSR count). The number of benzene rings is 2. The van der Waals surface area contributed by atoms with E-state index in [1.54, 1.807) is 0 Å². The average molecular weight is 697 g/mol. The molecule has 3 aliphatic rings. The lowest BCUT2D eigenvalue weighted by Crippen LogP contribution is -2.58. The van der Waals surface area contributed by atoms with Crippen molar-refractivity contribution < 1.29 is 83.9 Å². The zero-order valence-electron chi connectivity index (χ0n) is 25.7. The molecule has 4 heterocycles. The number of hydrogen-bond acceptors (Lipinski definition) is 18. The summed E-state index contributed by atoms with van der Waals surface area (Å²) in [7, 11) is 0. The summed E-state index contributed by atoms with van der Waals surface area (Å²) in [4.78, 5) is 14.0. The molecule has 10 N–H and O–H groups in total. The summed E-state index contributed by atoms with van der Waals surface area (Å²) < 4.78 is 39.7. The van der Waals surface area contributed by atoms with Gasteiger partial charge in [0.25, 0.3) is 0 Å². The lowest BCUT2D eigenvalue weighted by atomic mass is 10.00. The van der Waals surface area contributed by atoms with Crippen LogP contribution in [0.4, 0.5) is 0 Å². The van der Waals surface area contributed by atoms with Gasteiger partial charge >= 0.3 is 0 Å². The maximum absolute atomic E-state index is 14.0. The Labute approximate surface area is 276 Å². The molecule has 0 unspecified atom stereocenters. The van der Waals surface area contributed by atoms with Gasteiger partial charge in [-0.1, -0.05) is 0 Å². The summed E-state index contributed by atoms with van der Waals surface area (Å²) in [6, 6.07) is 7.51. The van der Waals surface area contributed by atoms with Crippen LogP contribution in [-0.4, -0.2) is 144 Å². The zero-order valence-corrected chi connectivity index (χ0v) is 25.7. The second kappa shape index (κ2) is 13.6. The molecule has 0 amide bonds. The minimum absolute atomic E-state index is 0.130. The fourth-order valence-electron chi connectivity index (χ4n) is 5.75. The lowest BCUT2D eigenvalue weighted by molar-refractivity contribution is -0.268. The Morgan fingerprint density at radius 2 is 1.59 bits per heavy atom. The van der Waals surface area contributed by atoms with Crippen LogP contribution in [0.15, 0.2) is 45.6 Å². The Kier molecular flexibility index (Phi) is 9.76. The van der Waals surface area contributed by atoms with Gasteiger partial charge in [-0.15, -0.1) is 0 Å². The molecule has 0 spiro atoms. The average Bonchev–Trinajstić information content (AvgIpc) is 3.54. The fourth-order valence-corrected chi connectivity index (χ4v) is 5.75. The molecule has 1 aromatic heterocycles. The predicted octanol–water partition coefficient (Wildman–Crippen LogP) is -2.64. The minimum Gasteiger partial charge on any atom is -0.508 e. The van der Waals surface area contributed by atoms with Crippen molar-refractivity contribution in [3.05, 3.63) is 46.6 Å². The van der Waals surface area contributed by atoms with Crippen molar-refractivity contribution in [1.29, 1.82) is 0 Å². The van der Waals surface area contributed by atoms with E-state index in [0.29, 0.717) is 0 Å². The topological polar surface area (TPSA) is 288 Å². The second-order valence-electron chi connectivity index (χ2n) is 12.1. The highest BCUT2D eigenvalue weighted by Gasteiger charge is 2.54. The summed E-state index contributed by atoms with van der Waals surface area (Å²) >= 11 is 0. The van der Waals surface area contributed by atoms with Crippen molar-refractivity contribution in [3.8, 4) is 34.3 Å². The van der Waals surface area contributed by atoms with Gasteiger partial charge in [-0.2, -0.15) is 0 Å². The number of aliphatic hydroxyl groups is 8. The largest absolute Gasteiger partial charge is 0.508 e. The first-order valence-electron chi connectivity index (χ1n) is 15.1. The molecule has 3 saturated heterocycles. The van der Waals surface area contributed by atoms with Gasteiger partial charge in [0.2, 0.25) is 23.8 Å². The first-order chi connectivity index (χ1) is 23.3. The minimum atomic E-state index is -2.08. The van der Waals surface area contributed by atoms with E-state index in [1.807, 2.05) is 0 Å². The maximum Gasteiger partial charge on any atom is 0.239 e. The maximum atomic E-state index is 14.0. The molecular weight excluding hydrogens is 660 g/mol. The number of rotatable bonds is 9. The van der Waals surface area contributed by atoms with Crippen molar-refractivity contribution in [2.75, 3.05) is 19.8 Å². The number of phenolic OH excluding ortho intramolecular Hbond substituents is 2. The van der Waals surface area contributed by atoms with E-state index in [2.05, 4.69) is 0 Å². The quantitative estimate of drug-likeness (QED) is 0.109. The van der Waals surface area contributed by atoms with Gasteiger partial charge in [0.15, 0.2) is 18.2 Å². The van der Waals surface area contributed by atoms with Crippen LogP contribution in [0.3, 0.4) is 0 Å². The predicted molar refractivity (Wildman–Crippen MR) is 159 cm³/mol. The normalized spacial score (nSPS) is 36.3. The van der Waals surface area contributed by atoms with Gasteiger partial charge in [-0.3, -0.25) is 4.79 Å². The molecule has 0 aliphatic carbocycles. The van der Waals surface area contributed by atoms with Gasteiger partial charge in [-0.05, 0) is 31.2 Å². The SMILES string of the molecule is C[C@@H]1O[C@H](Oc2cc(O)c3c(=O)c(O[C@H]4O[C@H](CO)[C@H](O)[C@@H]4O[C@@H]4OC[C@@](O)(CO)[C@@H]4O)c(-c4ccc(O)cc4)oc3c2)[C@@H](O)[C@@H](O)[C@H]1O. The van der Waals surface area contributed by atoms with Gasteiger partial charge in [0.05, 0.1) is 25.9 Å². The third kappa shape index (κ3) is 6.42. The Balaban J connectivity index is 1.38. The van der Waals surface area contributed by atoms with Crippen molar-refractivity contribution in [2.24, 2.45) is 0 Å². The van der Waals surface area contributed by atoms with Crippen LogP contribution < -0.4 is 14.9 Å². The molecule has 0 saturated carbocycles. The molecule has 3 aliphatic heterocycles. The van der Waals surface area contributed by atoms with Crippen molar-refractivity contribution in [2.45, 2.75) is 80.2 Å². The number of phenols is 2. The van der Waals surface area contributed by atoms with Crippen LogP contribution in [0, 0.1) is 0 Å². The lowest BCUT2D eigenvalue weighted by Gasteiger charge is -2.38. The highest BCUT2D eigenvalue weighted by Crippen LogP contribution is 2.39. The fraction of sp³-hybridized carbons (Fsp3) is 0.516. The Bertz CT molecular complexity index is 1700. The highest BCUT2D eigenvalue weighted by molar-refractivity contribution is 5.88. The van der Waals surface area contributed by atoms with Crippen LogP contribution in [0.1, 0.15) is 6.92 Å². The van der Waals surface area contributed by atoms with Crippen LogP contribution in [0.5, 0.6) is 23.0 Å². The first kappa shape index (κ1) is 35.2. The standard InChI is InChI=1S/C31H36O18/c1-11-19(36)22(39)23(40)28(44-11)45-14-6-15(35)18-16(7-14)46-24(12-2-4-13(34)5-3-12)25(21(18)38)48-29-26(20(37)17(8-32)47-29)49-30-27(41)31(42,9-33)10-43-30/h2-7,11,17,19-20,22-23,26-30,32-37,39-42H,8-10H2,1H3/t11-,17+,19-,20-,22-,23-,26-,27+,28+,29+,30-,31-/m0/s1. The Hall–Kier alpha value is -3.63. The molecule has 268 valence electrons. The van der Waals surface area contributed by atoms with E-state index in [1.165, 1.54) is 37.3 Å². The smallest absolute Gasteiger partial charge is 0.239 e. The number of fused-ring (bicyclic) bond motifs is 1. The summed E-state index contributed by atoms with van der Waals surface area (Å²) in [6.07, 6.45) is -16.7. The molecule has 18 nitrogen and oxygen atoms in total. The van der Waals surface area contributed by atoms with Crippen molar-refractivity contribution in [1.82, 2.24) is 0 Å². The third-order valence-corrected chi connectivity index (χ3v) is 8.68. The van der Waals surface area contributed by atoms with Gasteiger partial charge in [0.1, 0.15) is 70.4 Å². The van der Waals surface area contributed by atoms with E-state index in [9.17, 15) is 55.9 Å². The molecule has 18 heteroatoms. The molecule has 49 heavy (non-hydrogen) atoms. The van der Waals surface area contributed by atoms with Crippen molar-refractivity contribution in [3.63, 3.8) is 0 Å². The second-order valence-corrected chi connectivity index (χ2v) is 12.1. The molecule has 3 aromatic rings. The Morgan fingerprint density at radius 3 is 2.24 bits per heavy atom. The van der Waals surface area contributed by atoms with Crippen molar-refractivity contribution >= 4 is 11.0 Å². The third-order valence-electron chi connectivity index (χ3n) is 8.68. The van der Waals surface area contributed by atoms with Crippen LogP contribution in [-0.2, 0) is 18.9 Å². The molecule has 0 bridgehead atoms. The van der Waals surface area contributed by atoms with E-state index in [0.717, 1.165) is 6.07 Å². The first-order valence-corrected chi connectivity index (χ1v) is 15.1. The number of ether oxygens (including phenoxy) is 6. The number of hydrogen-bond donors (Lipinski definition) is 10. The molecule has 3 fully saturated rings. The molecule has 12 atom stereocenters. The highest BCUT2D eigenvalue weighted by atomic mass is 16.8. The van der Waals surface area contributed by atoms with E-state index in [-0.39, 0.29) is 28.4 Å². The summed E-state index contributed by atoms with van der Waals surface area (Å²) in [6.45, 7) is -0.683. The molecule has 2 aromatic carbocycles. The number of aliphatic hydroxyl groups excluding tert-OH is 7. The molecular formula is C31H36O18. The summed E-state index contributed by atoms with van der Waals surface area (Å²) in [5.74, 6) is -1.83. The van der Waals surface area contributed by atoms with Gasteiger partial charge < -0.3 is 83.9 Å². The Morgan fingerprint density at radius 1 is 0.878 bits per heavy atom. The van der Waals surface area contributed by atoms with Gasteiger partial charge in [-0.25, -0.2) is 0 Å².